The summed E-state index contributed by atoms with van der Waals surface area (Å²) in [5.41, 5.74) is 35.1. The van der Waals surface area contributed by atoms with Gasteiger partial charge >= 0.3 is 567 Å². The Labute approximate surface area is 633 Å². The Hall–Kier alpha value is -10.2. The average Bonchev–Trinajstić information content (AvgIpc) is 0.699. The zero-order valence-corrected chi connectivity index (χ0v) is 66.2. The van der Waals surface area contributed by atoms with Crippen LogP contribution in [0.2, 0.25) is 0 Å². The van der Waals surface area contributed by atoms with E-state index in [0.29, 0.717) is 0 Å². The van der Waals surface area contributed by atoms with Crippen molar-refractivity contribution in [2.45, 2.75) is 145 Å². The van der Waals surface area contributed by atoms with Gasteiger partial charge < -0.3 is 0 Å². The van der Waals surface area contributed by atoms with Crippen molar-refractivity contribution in [3.8, 4) is 55.6 Å². The molecule has 0 amide bonds. The number of fused-ring (bicyclic) bond motifs is 4. The van der Waals surface area contributed by atoms with Gasteiger partial charge in [-0.25, -0.2) is 0 Å². The molecule has 0 aromatic heterocycles. The van der Waals surface area contributed by atoms with Crippen molar-refractivity contribution in [1.82, 2.24) is 0 Å². The van der Waals surface area contributed by atoms with E-state index in [-0.39, 0.29) is 48.7 Å². The van der Waals surface area contributed by atoms with E-state index in [9.17, 15) is 0 Å². The molecule has 0 saturated heterocycles. The van der Waals surface area contributed by atoms with Crippen molar-refractivity contribution in [2.24, 2.45) is 0 Å². The molecule has 3 nitrogen and oxygen atoms in total. The first-order valence-electron chi connectivity index (χ1n) is 37.6. The van der Waals surface area contributed by atoms with Gasteiger partial charge in [0.25, 0.3) is 0 Å². The second-order valence-corrected chi connectivity index (χ2v) is 36.7. The van der Waals surface area contributed by atoms with E-state index in [0.717, 1.165) is 34.1 Å². The van der Waals surface area contributed by atoms with Gasteiger partial charge in [0, 0.05) is 0 Å². The van der Waals surface area contributed by atoms with E-state index in [2.05, 4.69) is 418 Å². The van der Waals surface area contributed by atoms with Crippen LogP contribution in [0.15, 0.2) is 285 Å². The van der Waals surface area contributed by atoms with E-state index in [1.807, 2.05) is 0 Å². The Kier molecular flexibility index (Phi) is 18.2. The fraction of sp³-hybridized carbons (Fsp3) is 0.220. The maximum absolute atomic E-state index is 2.70. The summed E-state index contributed by atoms with van der Waals surface area (Å²) in [4.78, 5) is 7.80. The predicted molar refractivity (Wildman–Crippen MR) is 457 cm³/mol. The van der Waals surface area contributed by atoms with Gasteiger partial charge in [0.15, 0.2) is 0 Å². The van der Waals surface area contributed by atoms with E-state index in [1.54, 1.807) is 0 Å². The van der Waals surface area contributed by atoms with E-state index >= 15 is 0 Å². The molecule has 0 unspecified atom stereocenters. The fourth-order valence-corrected chi connectivity index (χ4v) is 18.4. The third-order valence-electron chi connectivity index (χ3n) is 21.7. The first kappa shape index (κ1) is 70.5. The zero-order valence-electron chi connectivity index (χ0n) is 64.5. The normalized spacial score (nSPS) is 12.9. The molecular weight excluding hydrogens is 1330 g/mol. The Balaban J connectivity index is 1.03. The number of benzene rings is 13. The molecule has 0 spiro atoms. The van der Waals surface area contributed by atoms with Crippen molar-refractivity contribution < 1.29 is 0 Å². The Morgan fingerprint density at radius 2 is 0.657 bits per heavy atom. The van der Waals surface area contributed by atoms with E-state index < -0.39 is 0 Å². The maximum atomic E-state index is 2.70. The molecule has 2 aliphatic heterocycles. The number of rotatable bonds is 12. The first-order chi connectivity index (χ1) is 50.0. The summed E-state index contributed by atoms with van der Waals surface area (Å²) in [5, 5.41) is 0. The average molecular weight is 1430 g/mol. The minimum atomic E-state index is -0.159. The number of anilines is 9. The van der Waals surface area contributed by atoms with Gasteiger partial charge in [-0.05, 0) is 10.8 Å². The first-order valence-corrected chi connectivity index (χ1v) is 39.3. The zero-order chi connectivity index (χ0) is 73.6. The quantitative estimate of drug-likeness (QED) is 0.113. The Morgan fingerprint density at radius 3 is 1.10 bits per heavy atom. The number of nitrogens with zero attached hydrogens (tertiary/aromatic N) is 3. The van der Waals surface area contributed by atoms with Crippen molar-refractivity contribution >= 4 is 98.2 Å². The summed E-state index contributed by atoms with van der Waals surface area (Å²) in [5.74, 6) is 0. The van der Waals surface area contributed by atoms with Crippen molar-refractivity contribution in [2.75, 3.05) is 14.7 Å². The molecule has 522 valence electrons. The molecule has 0 N–H and O–H groups in total. The second-order valence-electron chi connectivity index (χ2n) is 34.4. The predicted octanol–water partition coefficient (Wildman–Crippen LogP) is 24.3. The molecule has 2 heterocycles. The summed E-state index contributed by atoms with van der Waals surface area (Å²) in [7, 11) is 0. The van der Waals surface area contributed by atoms with E-state index in [4.69, 9.17) is 0 Å². The van der Waals surface area contributed by atoms with Crippen LogP contribution in [0.25, 0.3) is 55.6 Å². The van der Waals surface area contributed by atoms with Gasteiger partial charge in [-0.2, -0.15) is 0 Å². The fourth-order valence-electron chi connectivity index (χ4n) is 15.8. The molecule has 105 heavy (non-hydrogen) atoms. The molecule has 13 aromatic rings. The molecule has 0 saturated carbocycles. The van der Waals surface area contributed by atoms with Crippen LogP contribution in [0, 0.1) is 13.8 Å². The Morgan fingerprint density at radius 1 is 0.276 bits per heavy atom. The standard InChI is InChI=1S/C100H98BN3Se/c1-65-56-71(67-30-22-18-23-31-67)57-66(2)95(65)104-90-63-80(102(78-45-38-73(39-46-78)96(3,4)5)88-54-43-76(99(12,13)14)61-84(88)69-34-26-20-27-35-69)49-52-86(90)101-87-53-50-81(103(79-47-40-74(41-48-79)97(6,7)8)89-55-44-77(100(15,16)17)62-85(89)70-36-28-21-29-37-70)64-92(87)105-93-59-72(58-91(104)94(93)101)82-51-42-75(98(9,10)11)60-83(82)68-32-24-19-25-33-68/h18-64H,1-17H3. The summed E-state index contributed by atoms with van der Waals surface area (Å²) in [6.07, 6.45) is 0. The summed E-state index contributed by atoms with van der Waals surface area (Å²) >= 11 is -0.159. The summed E-state index contributed by atoms with van der Waals surface area (Å²) in [6, 6.07) is 110. The molecular formula is C100H98BN3Se. The van der Waals surface area contributed by atoms with Gasteiger partial charge in [-0.1, -0.05) is 59.7 Å². The molecule has 2 aliphatic rings. The number of hydrogen-bond donors (Lipinski definition) is 0. The van der Waals surface area contributed by atoms with E-state index in [1.165, 1.54) is 137 Å². The summed E-state index contributed by atoms with van der Waals surface area (Å²) in [6.45, 7) is 39.4. The SMILES string of the molecule is Cc1cc(-c2ccccc2)cc(C)c1N1c2cc(N(c3ccc(C(C)(C)C)cc3)c3ccc(C(C)(C)C)cc3-c3ccccc3)ccc2B2c3ccc(N(c4ccc(C(C)(C)C)cc4)c4ccc(C(C)(C)C)cc4-c4ccccc4)cc3[Se]c3cc(-c4ccc(C(C)(C)C)cc4-c4ccccc4)cc1c32. The topological polar surface area (TPSA) is 9.72 Å². The monoisotopic (exact) mass is 1430 g/mol. The van der Waals surface area contributed by atoms with Gasteiger partial charge in [0.05, 0.1) is 0 Å². The molecule has 15 rings (SSSR count). The minimum absolute atomic E-state index is 0.0166. The van der Waals surface area contributed by atoms with Gasteiger partial charge in [-0.3, -0.25) is 0 Å². The molecule has 0 atom stereocenters. The molecule has 13 aromatic carbocycles. The van der Waals surface area contributed by atoms with Crippen molar-refractivity contribution in [3.63, 3.8) is 0 Å². The van der Waals surface area contributed by atoms with Crippen LogP contribution >= 0.6 is 0 Å². The van der Waals surface area contributed by atoms with Crippen LogP contribution in [0.5, 0.6) is 0 Å². The van der Waals surface area contributed by atoms with Gasteiger partial charge in [-0.15, -0.1) is 0 Å². The van der Waals surface area contributed by atoms with Crippen LogP contribution in [-0.2, 0) is 27.1 Å². The number of aryl methyl sites for hydroxylation is 2. The van der Waals surface area contributed by atoms with Crippen LogP contribution in [-0.4, -0.2) is 21.7 Å². The summed E-state index contributed by atoms with van der Waals surface area (Å²) < 4.78 is 2.78. The number of hydrogen-bond acceptors (Lipinski definition) is 3. The second kappa shape index (κ2) is 27.1. The molecule has 0 aliphatic carbocycles. The molecule has 5 heteroatoms. The van der Waals surface area contributed by atoms with Crippen molar-refractivity contribution in [1.29, 1.82) is 0 Å². The van der Waals surface area contributed by atoms with Crippen LogP contribution in [0.3, 0.4) is 0 Å². The third kappa shape index (κ3) is 13.6. The van der Waals surface area contributed by atoms with Gasteiger partial charge in [0.1, 0.15) is 0 Å². The molecule has 0 radical (unpaired) electrons. The van der Waals surface area contributed by atoms with Crippen LogP contribution in [0.4, 0.5) is 51.2 Å². The van der Waals surface area contributed by atoms with Crippen LogP contribution < -0.4 is 40.0 Å². The molecule has 0 fully saturated rings. The van der Waals surface area contributed by atoms with Crippen molar-refractivity contribution in [3.05, 3.63) is 324 Å². The third-order valence-corrected chi connectivity index (χ3v) is 24.1. The Bertz CT molecular complexity index is 5390. The van der Waals surface area contributed by atoms with Gasteiger partial charge in [0.2, 0.25) is 0 Å². The molecule has 0 bridgehead atoms. The van der Waals surface area contributed by atoms with Crippen LogP contribution in [0.1, 0.15) is 143 Å².